The second-order valence-electron chi connectivity index (χ2n) is 6.12. The molecule has 1 unspecified atom stereocenters. The summed E-state index contributed by atoms with van der Waals surface area (Å²) in [6.45, 7) is 4.67. The normalized spacial score (nSPS) is 17.6. The van der Waals surface area contributed by atoms with E-state index in [1.54, 1.807) is 17.5 Å². The van der Waals surface area contributed by atoms with E-state index in [4.69, 9.17) is 0 Å². The molecule has 6 heteroatoms. The number of thiazole rings is 1. The van der Waals surface area contributed by atoms with Crippen molar-refractivity contribution >= 4 is 28.3 Å². The third kappa shape index (κ3) is 2.57. The lowest BCUT2D eigenvalue weighted by Gasteiger charge is -2.23. The molecule has 5 nitrogen and oxygen atoms in total. The Bertz CT molecular complexity index is 907. The smallest absolute Gasteiger partial charge is 0.254 e. The number of hydrogen-bond acceptors (Lipinski definition) is 5. The number of carbonyl (C=O) groups is 1. The molecule has 1 aliphatic heterocycles. The molecule has 1 fully saturated rings. The molecule has 0 saturated carbocycles. The molecule has 0 aliphatic carbocycles. The van der Waals surface area contributed by atoms with Crippen molar-refractivity contribution in [2.75, 3.05) is 6.54 Å². The molecule has 122 valence electrons. The maximum atomic E-state index is 13.0. The Hall–Kier alpha value is -2.34. The standard InChI is InChI=1S/C18H18N4OS/c1-11-12(2)21-15-10-13(5-6-14(15)20-11)18(23)22-8-3-4-16(22)17-19-7-9-24-17/h5-7,9-10,16H,3-4,8H2,1-2H3. The van der Waals surface area contributed by atoms with Crippen molar-refractivity contribution in [3.63, 3.8) is 0 Å². The Morgan fingerprint density at radius 2 is 2.00 bits per heavy atom. The van der Waals surface area contributed by atoms with Crippen molar-refractivity contribution in [1.29, 1.82) is 0 Å². The minimum atomic E-state index is 0.0506. The van der Waals surface area contributed by atoms with Crippen LogP contribution < -0.4 is 0 Å². The van der Waals surface area contributed by atoms with Crippen LogP contribution in [0.1, 0.15) is 45.6 Å². The number of aryl methyl sites for hydroxylation is 2. The van der Waals surface area contributed by atoms with Gasteiger partial charge >= 0.3 is 0 Å². The predicted octanol–water partition coefficient (Wildman–Crippen LogP) is 3.68. The predicted molar refractivity (Wildman–Crippen MR) is 94.1 cm³/mol. The van der Waals surface area contributed by atoms with Crippen LogP contribution >= 0.6 is 11.3 Å². The summed E-state index contributed by atoms with van der Waals surface area (Å²) in [5.74, 6) is 0.0506. The van der Waals surface area contributed by atoms with Gasteiger partial charge in [0.2, 0.25) is 0 Å². The summed E-state index contributed by atoms with van der Waals surface area (Å²) in [7, 11) is 0. The molecule has 3 heterocycles. The molecule has 24 heavy (non-hydrogen) atoms. The van der Waals surface area contributed by atoms with Crippen LogP contribution in [0.15, 0.2) is 29.8 Å². The average molecular weight is 338 g/mol. The van der Waals surface area contributed by atoms with Gasteiger partial charge in [0.15, 0.2) is 0 Å². The van der Waals surface area contributed by atoms with Crippen molar-refractivity contribution in [2.24, 2.45) is 0 Å². The van der Waals surface area contributed by atoms with Crippen LogP contribution in [0.5, 0.6) is 0 Å². The van der Waals surface area contributed by atoms with Gasteiger partial charge in [-0.2, -0.15) is 0 Å². The van der Waals surface area contributed by atoms with Gasteiger partial charge in [-0.3, -0.25) is 4.79 Å². The highest BCUT2D eigenvalue weighted by molar-refractivity contribution is 7.09. The number of nitrogens with zero attached hydrogens (tertiary/aromatic N) is 4. The molecule has 4 rings (SSSR count). The minimum Gasteiger partial charge on any atom is -0.329 e. The quantitative estimate of drug-likeness (QED) is 0.715. The number of rotatable bonds is 2. The molecule has 1 aliphatic rings. The lowest BCUT2D eigenvalue weighted by molar-refractivity contribution is 0.0735. The maximum Gasteiger partial charge on any atom is 0.254 e. The molecule has 1 amide bonds. The van der Waals surface area contributed by atoms with E-state index >= 15 is 0 Å². The van der Waals surface area contributed by atoms with Crippen LogP contribution in [0.25, 0.3) is 11.0 Å². The van der Waals surface area contributed by atoms with Crippen LogP contribution in [0.3, 0.4) is 0 Å². The molecule has 2 aromatic heterocycles. The molecular weight excluding hydrogens is 320 g/mol. The Kier molecular flexibility index (Phi) is 3.76. The Labute approximate surface area is 144 Å². The zero-order valence-corrected chi connectivity index (χ0v) is 14.5. The Balaban J connectivity index is 1.69. The fourth-order valence-electron chi connectivity index (χ4n) is 3.20. The topological polar surface area (TPSA) is 59.0 Å². The molecule has 0 spiro atoms. The van der Waals surface area contributed by atoms with Gasteiger partial charge in [0, 0.05) is 23.7 Å². The van der Waals surface area contributed by atoms with E-state index in [1.165, 1.54) is 0 Å². The van der Waals surface area contributed by atoms with Crippen LogP contribution in [-0.2, 0) is 0 Å². The molecule has 3 aromatic rings. The summed E-state index contributed by atoms with van der Waals surface area (Å²) >= 11 is 1.62. The number of carbonyl (C=O) groups excluding carboxylic acids is 1. The first kappa shape index (κ1) is 15.2. The van der Waals surface area contributed by atoms with Crippen molar-refractivity contribution in [1.82, 2.24) is 19.9 Å². The minimum absolute atomic E-state index is 0.0506. The van der Waals surface area contributed by atoms with Crippen LogP contribution in [-0.4, -0.2) is 32.3 Å². The molecule has 1 aromatic carbocycles. The van der Waals surface area contributed by atoms with E-state index in [0.717, 1.165) is 46.8 Å². The number of aromatic nitrogens is 3. The first-order chi connectivity index (χ1) is 11.6. The zero-order valence-electron chi connectivity index (χ0n) is 13.7. The van der Waals surface area contributed by atoms with Gasteiger partial charge in [0.05, 0.1) is 28.5 Å². The molecule has 1 atom stereocenters. The number of likely N-dealkylation sites (tertiary alicyclic amines) is 1. The van der Waals surface area contributed by atoms with Gasteiger partial charge < -0.3 is 4.90 Å². The van der Waals surface area contributed by atoms with Gasteiger partial charge in [-0.05, 0) is 44.9 Å². The van der Waals surface area contributed by atoms with E-state index in [0.29, 0.717) is 5.56 Å². The Morgan fingerprint density at radius 1 is 1.21 bits per heavy atom. The van der Waals surface area contributed by atoms with Crippen molar-refractivity contribution in [3.8, 4) is 0 Å². The highest BCUT2D eigenvalue weighted by atomic mass is 32.1. The van der Waals surface area contributed by atoms with Gasteiger partial charge in [-0.1, -0.05) is 0 Å². The summed E-state index contributed by atoms with van der Waals surface area (Å²) in [6.07, 6.45) is 3.80. The highest BCUT2D eigenvalue weighted by Gasteiger charge is 2.32. The van der Waals surface area contributed by atoms with E-state index in [2.05, 4.69) is 15.0 Å². The second kappa shape index (κ2) is 5.94. The third-order valence-electron chi connectivity index (χ3n) is 4.57. The van der Waals surface area contributed by atoms with E-state index < -0.39 is 0 Å². The first-order valence-electron chi connectivity index (χ1n) is 8.09. The van der Waals surface area contributed by atoms with Crippen LogP contribution in [0.4, 0.5) is 0 Å². The first-order valence-corrected chi connectivity index (χ1v) is 8.97. The SMILES string of the molecule is Cc1nc2ccc(C(=O)N3CCCC3c3nccs3)cc2nc1C. The maximum absolute atomic E-state index is 13.0. The summed E-state index contributed by atoms with van der Waals surface area (Å²) < 4.78 is 0. The third-order valence-corrected chi connectivity index (χ3v) is 5.45. The largest absolute Gasteiger partial charge is 0.329 e. The molecule has 0 bridgehead atoms. The number of hydrogen-bond donors (Lipinski definition) is 0. The summed E-state index contributed by atoms with van der Waals surface area (Å²) in [6, 6.07) is 5.69. The fourth-order valence-corrected chi connectivity index (χ4v) is 3.98. The molecule has 1 saturated heterocycles. The number of amides is 1. The van der Waals surface area contributed by atoms with E-state index in [-0.39, 0.29) is 11.9 Å². The van der Waals surface area contributed by atoms with Crippen molar-refractivity contribution < 1.29 is 4.79 Å². The summed E-state index contributed by atoms with van der Waals surface area (Å²) in [5.41, 5.74) is 4.09. The van der Waals surface area contributed by atoms with Crippen molar-refractivity contribution in [3.05, 3.63) is 51.7 Å². The van der Waals surface area contributed by atoms with E-state index in [9.17, 15) is 4.79 Å². The van der Waals surface area contributed by atoms with Crippen molar-refractivity contribution in [2.45, 2.75) is 32.7 Å². The highest BCUT2D eigenvalue weighted by Crippen LogP contribution is 2.34. The summed E-state index contributed by atoms with van der Waals surface area (Å²) in [4.78, 5) is 28.4. The van der Waals surface area contributed by atoms with Gasteiger partial charge in [-0.15, -0.1) is 11.3 Å². The Morgan fingerprint density at radius 3 is 2.75 bits per heavy atom. The van der Waals surface area contributed by atoms with Gasteiger partial charge in [0.1, 0.15) is 5.01 Å². The lowest BCUT2D eigenvalue weighted by atomic mass is 10.1. The van der Waals surface area contributed by atoms with Crippen LogP contribution in [0.2, 0.25) is 0 Å². The zero-order chi connectivity index (χ0) is 16.7. The van der Waals surface area contributed by atoms with Gasteiger partial charge in [0.25, 0.3) is 5.91 Å². The number of fused-ring (bicyclic) bond motifs is 1. The molecule has 0 N–H and O–H groups in total. The number of benzene rings is 1. The van der Waals surface area contributed by atoms with Gasteiger partial charge in [-0.25, -0.2) is 15.0 Å². The monoisotopic (exact) mass is 338 g/mol. The average Bonchev–Trinajstić information content (AvgIpc) is 3.25. The van der Waals surface area contributed by atoms with E-state index in [1.807, 2.05) is 42.3 Å². The summed E-state index contributed by atoms with van der Waals surface area (Å²) in [5, 5.41) is 2.99. The fraction of sp³-hybridized carbons (Fsp3) is 0.333. The second-order valence-corrected chi connectivity index (χ2v) is 7.05. The molecule has 0 radical (unpaired) electrons. The lowest BCUT2D eigenvalue weighted by Crippen LogP contribution is -2.30. The molecular formula is C18H18N4OS. The van der Waals surface area contributed by atoms with Crippen LogP contribution in [0, 0.1) is 13.8 Å².